The van der Waals surface area contributed by atoms with Crippen molar-refractivity contribution in [3.8, 4) is 0 Å². The number of aromatic nitrogens is 2. The average molecular weight is 458 g/mol. The summed E-state index contributed by atoms with van der Waals surface area (Å²) in [6, 6.07) is 3.43. The summed E-state index contributed by atoms with van der Waals surface area (Å²) >= 11 is 0. The molecule has 1 aliphatic rings. The third kappa shape index (κ3) is 4.53. The van der Waals surface area contributed by atoms with Gasteiger partial charge in [0.1, 0.15) is 5.82 Å². The van der Waals surface area contributed by atoms with Gasteiger partial charge in [-0.05, 0) is 12.1 Å². The molecule has 9 heteroatoms. The van der Waals surface area contributed by atoms with Crippen LogP contribution in [0.2, 0.25) is 0 Å². The molecule has 1 amide bonds. The second-order valence-corrected chi connectivity index (χ2v) is 5.61. The van der Waals surface area contributed by atoms with Gasteiger partial charge in [-0.2, -0.15) is 0 Å². The molecule has 1 aliphatic heterocycles. The number of aliphatic imine (C=N–C) groups is 1. The number of rotatable bonds is 3. The van der Waals surface area contributed by atoms with Crippen LogP contribution in [-0.4, -0.2) is 64.4 Å². The number of furan rings is 1. The van der Waals surface area contributed by atoms with Gasteiger partial charge >= 0.3 is 0 Å². The van der Waals surface area contributed by atoms with Crippen molar-refractivity contribution in [1.82, 2.24) is 24.7 Å². The van der Waals surface area contributed by atoms with Crippen LogP contribution in [0.4, 0.5) is 0 Å². The molecule has 0 saturated carbocycles. The molecule has 0 radical (unpaired) electrons. The molecule has 1 N–H and O–H groups in total. The Hall–Kier alpha value is -2.04. The minimum Gasteiger partial charge on any atom is -0.459 e. The van der Waals surface area contributed by atoms with E-state index in [-0.39, 0.29) is 29.9 Å². The van der Waals surface area contributed by atoms with Crippen molar-refractivity contribution in [1.29, 1.82) is 0 Å². The van der Waals surface area contributed by atoms with Gasteiger partial charge in [0.2, 0.25) is 0 Å². The highest BCUT2D eigenvalue weighted by Gasteiger charge is 2.25. The van der Waals surface area contributed by atoms with Crippen molar-refractivity contribution in [3.05, 3.63) is 42.4 Å². The average Bonchev–Trinajstić information content (AvgIpc) is 3.27. The Labute approximate surface area is 163 Å². The normalized spacial score (nSPS) is 15.0. The number of guanidine groups is 1. The molecule has 0 aromatic carbocycles. The molecule has 136 valence electrons. The van der Waals surface area contributed by atoms with Crippen molar-refractivity contribution >= 4 is 35.8 Å². The van der Waals surface area contributed by atoms with E-state index in [9.17, 15) is 4.79 Å². The highest BCUT2D eigenvalue weighted by Crippen LogP contribution is 2.09. The predicted molar refractivity (Wildman–Crippen MR) is 105 cm³/mol. The molecule has 25 heavy (non-hydrogen) atoms. The quantitative estimate of drug-likeness (QED) is 0.425. The van der Waals surface area contributed by atoms with Crippen LogP contribution in [0.15, 0.2) is 40.2 Å². The van der Waals surface area contributed by atoms with E-state index in [2.05, 4.69) is 20.2 Å². The van der Waals surface area contributed by atoms with Crippen molar-refractivity contribution in [2.45, 2.75) is 6.54 Å². The summed E-state index contributed by atoms with van der Waals surface area (Å²) in [4.78, 5) is 24.9. The number of hydrogen-bond acceptors (Lipinski definition) is 4. The van der Waals surface area contributed by atoms with Crippen LogP contribution < -0.4 is 5.32 Å². The number of amides is 1. The van der Waals surface area contributed by atoms with Crippen LogP contribution in [0, 0.1) is 0 Å². The number of hydrogen-bond donors (Lipinski definition) is 1. The summed E-state index contributed by atoms with van der Waals surface area (Å²) < 4.78 is 7.16. The Balaban J connectivity index is 0.00000225. The number of nitrogens with one attached hydrogen (secondary N) is 1. The first-order valence-corrected chi connectivity index (χ1v) is 7.93. The second kappa shape index (κ2) is 8.88. The topological polar surface area (TPSA) is 78.9 Å². The van der Waals surface area contributed by atoms with Gasteiger partial charge in [-0.25, -0.2) is 4.98 Å². The summed E-state index contributed by atoms with van der Waals surface area (Å²) in [5, 5.41) is 3.32. The maximum absolute atomic E-state index is 12.3. The summed E-state index contributed by atoms with van der Waals surface area (Å²) in [5.41, 5.74) is 0. The molecule has 0 unspecified atom stereocenters. The molecule has 2 aromatic heterocycles. The Bertz CT molecular complexity index is 704. The standard InChI is InChI=1S/C16H22N6O2.HI/c1-17-16(19-12-14-18-5-6-20(14)2)22-9-7-21(8-10-22)15(23)13-4-3-11-24-13;/h3-6,11H,7-10,12H2,1-2H3,(H,17,19);1H. The summed E-state index contributed by atoms with van der Waals surface area (Å²) in [6.07, 6.45) is 5.21. The largest absolute Gasteiger partial charge is 0.459 e. The van der Waals surface area contributed by atoms with Crippen molar-refractivity contribution in [2.24, 2.45) is 12.0 Å². The fourth-order valence-corrected chi connectivity index (χ4v) is 2.73. The molecular weight excluding hydrogens is 435 g/mol. The lowest BCUT2D eigenvalue weighted by Crippen LogP contribution is -2.53. The zero-order valence-electron chi connectivity index (χ0n) is 14.4. The van der Waals surface area contributed by atoms with E-state index in [1.54, 1.807) is 30.3 Å². The third-order valence-electron chi connectivity index (χ3n) is 4.14. The van der Waals surface area contributed by atoms with Gasteiger partial charge in [0, 0.05) is 52.7 Å². The van der Waals surface area contributed by atoms with E-state index in [4.69, 9.17) is 4.42 Å². The van der Waals surface area contributed by atoms with Crippen LogP contribution in [0.1, 0.15) is 16.4 Å². The number of nitrogens with zero attached hydrogens (tertiary/aromatic N) is 5. The van der Waals surface area contributed by atoms with Gasteiger partial charge in [0.05, 0.1) is 12.8 Å². The van der Waals surface area contributed by atoms with E-state index in [0.29, 0.717) is 25.4 Å². The fourth-order valence-electron chi connectivity index (χ4n) is 2.73. The lowest BCUT2D eigenvalue weighted by atomic mass is 10.3. The van der Waals surface area contributed by atoms with E-state index in [1.807, 2.05) is 17.8 Å². The zero-order valence-corrected chi connectivity index (χ0v) is 16.7. The molecule has 1 fully saturated rings. The van der Waals surface area contributed by atoms with E-state index in [0.717, 1.165) is 24.9 Å². The summed E-state index contributed by atoms with van der Waals surface area (Å²) in [6.45, 7) is 3.35. The number of carbonyl (C=O) groups is 1. The van der Waals surface area contributed by atoms with Gasteiger partial charge in [-0.3, -0.25) is 9.79 Å². The highest BCUT2D eigenvalue weighted by molar-refractivity contribution is 14.0. The number of imidazole rings is 1. The van der Waals surface area contributed by atoms with Gasteiger partial charge in [0.15, 0.2) is 11.7 Å². The smallest absolute Gasteiger partial charge is 0.289 e. The lowest BCUT2D eigenvalue weighted by molar-refractivity contribution is 0.0657. The third-order valence-corrected chi connectivity index (χ3v) is 4.14. The summed E-state index contributed by atoms with van der Waals surface area (Å²) in [7, 11) is 3.73. The monoisotopic (exact) mass is 458 g/mol. The number of carbonyl (C=O) groups excluding carboxylic acids is 1. The Morgan fingerprint density at radius 1 is 1.32 bits per heavy atom. The number of piperazine rings is 1. The second-order valence-electron chi connectivity index (χ2n) is 5.61. The van der Waals surface area contributed by atoms with Gasteiger partial charge in [-0.1, -0.05) is 0 Å². The molecule has 8 nitrogen and oxygen atoms in total. The Kier molecular flexibility index (Phi) is 6.85. The number of halogens is 1. The zero-order chi connectivity index (χ0) is 16.9. The molecule has 0 bridgehead atoms. The van der Waals surface area contributed by atoms with Gasteiger partial charge < -0.3 is 24.1 Å². The SMILES string of the molecule is CN=C(NCc1nccn1C)N1CCN(C(=O)c2ccco2)CC1.I. The first-order valence-electron chi connectivity index (χ1n) is 7.93. The molecule has 3 rings (SSSR count). The Morgan fingerprint density at radius 2 is 2.04 bits per heavy atom. The van der Waals surface area contributed by atoms with Gasteiger partial charge in [-0.15, -0.1) is 24.0 Å². The summed E-state index contributed by atoms with van der Waals surface area (Å²) in [5.74, 6) is 2.10. The van der Waals surface area contributed by atoms with E-state index >= 15 is 0 Å². The fraction of sp³-hybridized carbons (Fsp3) is 0.438. The van der Waals surface area contributed by atoms with Crippen molar-refractivity contribution < 1.29 is 9.21 Å². The van der Waals surface area contributed by atoms with Crippen LogP contribution >= 0.6 is 24.0 Å². The van der Waals surface area contributed by atoms with Crippen LogP contribution in [0.3, 0.4) is 0 Å². The van der Waals surface area contributed by atoms with Crippen LogP contribution in [-0.2, 0) is 13.6 Å². The minimum absolute atomic E-state index is 0. The van der Waals surface area contributed by atoms with Gasteiger partial charge in [0.25, 0.3) is 5.91 Å². The first kappa shape index (κ1) is 19.3. The van der Waals surface area contributed by atoms with Crippen LogP contribution in [0.5, 0.6) is 0 Å². The molecule has 0 aliphatic carbocycles. The molecule has 3 heterocycles. The molecule has 0 spiro atoms. The molecular formula is C16H23IN6O2. The predicted octanol–water partition coefficient (Wildman–Crippen LogP) is 1.16. The molecule has 0 atom stereocenters. The minimum atomic E-state index is -0.0596. The molecule has 1 saturated heterocycles. The lowest BCUT2D eigenvalue weighted by Gasteiger charge is -2.36. The van der Waals surface area contributed by atoms with Crippen LogP contribution in [0.25, 0.3) is 0 Å². The van der Waals surface area contributed by atoms with Crippen molar-refractivity contribution in [2.75, 3.05) is 33.2 Å². The molecule has 2 aromatic rings. The Morgan fingerprint density at radius 3 is 2.60 bits per heavy atom. The maximum Gasteiger partial charge on any atom is 0.289 e. The van der Waals surface area contributed by atoms with E-state index in [1.165, 1.54) is 6.26 Å². The maximum atomic E-state index is 12.3. The van der Waals surface area contributed by atoms with Crippen molar-refractivity contribution in [3.63, 3.8) is 0 Å². The first-order chi connectivity index (χ1) is 11.7. The highest BCUT2D eigenvalue weighted by atomic mass is 127. The van der Waals surface area contributed by atoms with E-state index < -0.39 is 0 Å². The number of aryl methyl sites for hydroxylation is 1.